The Hall–Kier alpha value is -2.75. The highest BCUT2D eigenvalue weighted by atomic mass is 16.6. The van der Waals surface area contributed by atoms with E-state index >= 15 is 0 Å². The average molecular weight is 313 g/mol. The largest absolute Gasteiger partial charge is 0.289 e. The number of hydrogen-bond acceptors (Lipinski definition) is 3. The van der Waals surface area contributed by atoms with Crippen LogP contribution < -0.4 is 0 Å². The summed E-state index contributed by atoms with van der Waals surface area (Å²) in [6.45, 7) is 11.8. The van der Waals surface area contributed by atoms with E-state index in [1.165, 1.54) is 24.3 Å². The van der Waals surface area contributed by atoms with Crippen molar-refractivity contribution in [2.24, 2.45) is 0 Å². The quantitative estimate of drug-likeness (QED) is 0.322. The van der Waals surface area contributed by atoms with Gasteiger partial charge in [-0.25, -0.2) is 0 Å². The molecule has 0 N–H and O–H groups in total. The van der Waals surface area contributed by atoms with E-state index in [4.69, 9.17) is 0 Å². The minimum atomic E-state index is -0.500. The number of ketones is 1. The first-order chi connectivity index (χ1) is 11.1. The van der Waals surface area contributed by atoms with Gasteiger partial charge >= 0.3 is 0 Å². The number of nitrogens with zero attached hydrogens (tertiary/aromatic N) is 1. The highest BCUT2D eigenvalue weighted by Gasteiger charge is 2.13. The minimum absolute atomic E-state index is 0.0399. The monoisotopic (exact) mass is 313 g/mol. The molecule has 0 aliphatic rings. The molecular weight excluding hydrogens is 290 g/mol. The van der Waals surface area contributed by atoms with E-state index in [0.717, 1.165) is 5.56 Å². The molecule has 2 aromatic rings. The number of hydrogen-bond donors (Lipinski definition) is 0. The van der Waals surface area contributed by atoms with Gasteiger partial charge in [-0.05, 0) is 17.7 Å². The van der Waals surface area contributed by atoms with Crippen molar-refractivity contribution in [3.63, 3.8) is 0 Å². The van der Waals surface area contributed by atoms with Gasteiger partial charge in [-0.3, -0.25) is 14.9 Å². The van der Waals surface area contributed by atoms with Crippen LogP contribution in [-0.2, 0) is 0 Å². The van der Waals surface area contributed by atoms with E-state index in [-0.39, 0.29) is 11.5 Å². The normalized spacial score (nSPS) is 8.70. The standard InChI is InChI=1S/C15H11NO3.2C2H6/c1-11(12-5-3-2-4-6-12)15(17)13-7-9-14(10-8-13)16(18)19;2*1-2/h2-10H,1H2;2*1-2H3. The molecule has 0 aliphatic heterocycles. The molecule has 2 aromatic carbocycles. The summed E-state index contributed by atoms with van der Waals surface area (Å²) in [7, 11) is 0. The second-order valence-electron chi connectivity index (χ2n) is 3.98. The molecule has 0 fully saturated rings. The van der Waals surface area contributed by atoms with Gasteiger partial charge in [0.2, 0.25) is 0 Å². The predicted molar refractivity (Wildman–Crippen MR) is 95.6 cm³/mol. The van der Waals surface area contributed by atoms with E-state index in [1.807, 2.05) is 45.9 Å². The molecule has 0 heterocycles. The highest BCUT2D eigenvalue weighted by Crippen LogP contribution is 2.19. The van der Waals surface area contributed by atoms with Gasteiger partial charge in [0.25, 0.3) is 5.69 Å². The molecule has 0 bridgehead atoms. The van der Waals surface area contributed by atoms with E-state index in [2.05, 4.69) is 6.58 Å². The Morgan fingerprint density at radius 3 is 1.78 bits per heavy atom. The van der Waals surface area contributed by atoms with Crippen molar-refractivity contribution in [2.45, 2.75) is 27.7 Å². The summed E-state index contributed by atoms with van der Waals surface area (Å²) in [5.74, 6) is -0.235. The van der Waals surface area contributed by atoms with E-state index in [9.17, 15) is 14.9 Å². The zero-order valence-corrected chi connectivity index (χ0v) is 14.1. The predicted octanol–water partition coefficient (Wildman–Crippen LogP) is 5.54. The number of nitro benzene ring substituents is 1. The Morgan fingerprint density at radius 2 is 1.35 bits per heavy atom. The van der Waals surface area contributed by atoms with Gasteiger partial charge < -0.3 is 0 Å². The fourth-order valence-corrected chi connectivity index (χ4v) is 1.68. The molecule has 2 rings (SSSR count). The van der Waals surface area contributed by atoms with Crippen molar-refractivity contribution in [1.29, 1.82) is 0 Å². The Morgan fingerprint density at radius 1 is 0.870 bits per heavy atom. The molecule has 0 amide bonds. The van der Waals surface area contributed by atoms with Crippen molar-refractivity contribution in [3.05, 3.63) is 82.4 Å². The number of non-ortho nitro benzene ring substituents is 1. The van der Waals surface area contributed by atoms with Crippen molar-refractivity contribution < 1.29 is 9.72 Å². The first-order valence-electron chi connectivity index (χ1n) is 7.63. The van der Waals surface area contributed by atoms with Gasteiger partial charge in [0.05, 0.1) is 4.92 Å². The SMILES string of the molecule is C=C(C(=O)c1ccc([N+](=O)[O-])cc1)c1ccccc1.CC.CC. The molecule has 122 valence electrons. The maximum absolute atomic E-state index is 12.2. The lowest BCUT2D eigenvalue weighted by atomic mass is 9.98. The van der Waals surface area contributed by atoms with Crippen LogP contribution in [-0.4, -0.2) is 10.7 Å². The van der Waals surface area contributed by atoms with E-state index < -0.39 is 4.92 Å². The van der Waals surface area contributed by atoms with Gasteiger partial charge in [0.15, 0.2) is 5.78 Å². The van der Waals surface area contributed by atoms with Crippen LogP contribution in [0.2, 0.25) is 0 Å². The van der Waals surface area contributed by atoms with Gasteiger partial charge in [0.1, 0.15) is 0 Å². The molecule has 0 spiro atoms. The Kier molecular flexibility index (Phi) is 9.60. The van der Waals surface area contributed by atoms with Gasteiger partial charge in [-0.2, -0.15) is 0 Å². The zero-order valence-electron chi connectivity index (χ0n) is 14.1. The van der Waals surface area contributed by atoms with Crippen molar-refractivity contribution in [1.82, 2.24) is 0 Å². The summed E-state index contributed by atoms with van der Waals surface area (Å²) in [6.07, 6.45) is 0. The van der Waals surface area contributed by atoms with Crippen LogP contribution in [0.25, 0.3) is 5.57 Å². The van der Waals surface area contributed by atoms with E-state index in [0.29, 0.717) is 11.1 Å². The maximum atomic E-state index is 12.2. The van der Waals surface area contributed by atoms with Gasteiger partial charge in [0, 0.05) is 23.3 Å². The molecular formula is C19H23NO3. The molecule has 0 radical (unpaired) electrons. The first-order valence-corrected chi connectivity index (χ1v) is 7.63. The van der Waals surface area contributed by atoms with Gasteiger partial charge in [-0.1, -0.05) is 64.6 Å². The van der Waals surface area contributed by atoms with Crippen molar-refractivity contribution >= 4 is 17.0 Å². The average Bonchev–Trinajstić information content (AvgIpc) is 2.64. The van der Waals surface area contributed by atoms with Crippen molar-refractivity contribution in [3.8, 4) is 0 Å². The number of allylic oxidation sites excluding steroid dienone is 1. The third kappa shape index (κ3) is 5.87. The minimum Gasteiger partial charge on any atom is -0.289 e. The first kappa shape index (κ1) is 20.2. The van der Waals surface area contributed by atoms with Crippen LogP contribution >= 0.6 is 0 Å². The summed E-state index contributed by atoms with van der Waals surface area (Å²) < 4.78 is 0. The molecule has 0 saturated heterocycles. The lowest BCUT2D eigenvalue weighted by Gasteiger charge is -2.04. The zero-order chi connectivity index (χ0) is 17.8. The third-order valence-electron chi connectivity index (χ3n) is 2.74. The second kappa shape index (κ2) is 10.9. The molecule has 4 nitrogen and oxygen atoms in total. The summed E-state index contributed by atoms with van der Waals surface area (Å²) >= 11 is 0. The number of nitro groups is 1. The Labute approximate surface area is 137 Å². The molecule has 0 aromatic heterocycles. The number of benzene rings is 2. The second-order valence-corrected chi connectivity index (χ2v) is 3.98. The fraction of sp³-hybridized carbons (Fsp3) is 0.211. The number of carbonyl (C=O) groups excluding carboxylic acids is 1. The summed E-state index contributed by atoms with van der Waals surface area (Å²) in [5.41, 5.74) is 1.46. The van der Waals surface area contributed by atoms with Crippen LogP contribution in [0, 0.1) is 10.1 Å². The summed E-state index contributed by atoms with van der Waals surface area (Å²) in [5, 5.41) is 10.5. The van der Waals surface area contributed by atoms with Crippen LogP contribution in [0.3, 0.4) is 0 Å². The third-order valence-corrected chi connectivity index (χ3v) is 2.74. The molecule has 0 saturated carbocycles. The molecule has 4 heteroatoms. The molecule has 0 aliphatic carbocycles. The summed E-state index contributed by atoms with van der Waals surface area (Å²) in [4.78, 5) is 22.2. The fourth-order valence-electron chi connectivity index (χ4n) is 1.68. The number of rotatable bonds is 4. The number of Topliss-reactive ketones (excluding diaryl/α,β-unsaturated/α-hetero) is 1. The van der Waals surface area contributed by atoms with Crippen LogP contribution in [0.1, 0.15) is 43.6 Å². The smallest absolute Gasteiger partial charge is 0.269 e. The van der Waals surface area contributed by atoms with Gasteiger partial charge in [-0.15, -0.1) is 0 Å². The lowest BCUT2D eigenvalue weighted by molar-refractivity contribution is -0.384. The van der Waals surface area contributed by atoms with Crippen molar-refractivity contribution in [2.75, 3.05) is 0 Å². The topological polar surface area (TPSA) is 60.2 Å². The van der Waals surface area contributed by atoms with E-state index in [1.54, 1.807) is 12.1 Å². The lowest BCUT2D eigenvalue weighted by Crippen LogP contribution is -2.01. The number of carbonyl (C=O) groups is 1. The maximum Gasteiger partial charge on any atom is 0.269 e. The van der Waals surface area contributed by atoms with Crippen LogP contribution in [0.15, 0.2) is 61.2 Å². The highest BCUT2D eigenvalue weighted by molar-refractivity contribution is 6.28. The van der Waals surface area contributed by atoms with Crippen LogP contribution in [0.5, 0.6) is 0 Å². The summed E-state index contributed by atoms with van der Waals surface area (Å²) in [6, 6.07) is 14.6. The molecule has 0 atom stereocenters. The molecule has 23 heavy (non-hydrogen) atoms. The Balaban J connectivity index is 0.00000112. The van der Waals surface area contributed by atoms with Crippen LogP contribution in [0.4, 0.5) is 5.69 Å². The Bertz CT molecular complexity index is 631. The molecule has 0 unspecified atom stereocenters.